The number of H-pyrrole nitrogens is 1. The Morgan fingerprint density at radius 3 is 3.00 bits per heavy atom. The number of imidazole rings is 1. The van der Waals surface area contributed by atoms with Crippen LogP contribution in [0, 0.1) is 5.92 Å². The van der Waals surface area contributed by atoms with Gasteiger partial charge < -0.3 is 4.98 Å². The van der Waals surface area contributed by atoms with Crippen LogP contribution in [0.15, 0.2) is 42.7 Å². The van der Waals surface area contributed by atoms with Crippen molar-refractivity contribution in [1.29, 1.82) is 0 Å². The third-order valence-electron chi connectivity index (χ3n) is 4.95. The van der Waals surface area contributed by atoms with Crippen LogP contribution in [-0.2, 0) is 6.42 Å². The average molecular weight is 261 g/mol. The maximum absolute atomic E-state index is 4.78. The first-order valence-electron chi connectivity index (χ1n) is 7.29. The smallest absolute Gasteiger partial charge is 0.111 e. The van der Waals surface area contributed by atoms with Crippen LogP contribution >= 0.6 is 0 Å². The summed E-state index contributed by atoms with van der Waals surface area (Å²) >= 11 is 0. The lowest BCUT2D eigenvalue weighted by Gasteiger charge is -2.13. The summed E-state index contributed by atoms with van der Waals surface area (Å²) in [5.41, 5.74) is 5.17. The topological polar surface area (TPSA) is 41.6 Å². The second-order valence-corrected chi connectivity index (χ2v) is 5.97. The summed E-state index contributed by atoms with van der Waals surface area (Å²) in [5.74, 6) is 3.18. The fourth-order valence-electron chi connectivity index (χ4n) is 3.97. The molecule has 3 atom stereocenters. The van der Waals surface area contributed by atoms with Crippen molar-refractivity contribution in [2.45, 2.75) is 24.7 Å². The number of aryl methyl sites for hydroxylation is 1. The molecule has 5 rings (SSSR count). The Bertz CT molecular complexity index is 772. The molecule has 2 aromatic heterocycles. The Morgan fingerprint density at radius 1 is 1.10 bits per heavy atom. The Morgan fingerprint density at radius 2 is 2.05 bits per heavy atom. The van der Waals surface area contributed by atoms with E-state index in [0.717, 1.165) is 22.8 Å². The molecule has 2 heterocycles. The van der Waals surface area contributed by atoms with Crippen LogP contribution in [0.25, 0.3) is 11.0 Å². The Balaban J connectivity index is 1.58. The minimum Gasteiger partial charge on any atom is -0.340 e. The Hall–Kier alpha value is -2.16. The predicted octanol–water partition coefficient (Wildman–Crippen LogP) is 3.40. The summed E-state index contributed by atoms with van der Waals surface area (Å²) in [6.45, 7) is 0. The first kappa shape index (κ1) is 10.6. The molecule has 98 valence electrons. The summed E-state index contributed by atoms with van der Waals surface area (Å²) in [6.07, 6.45) is 6.19. The van der Waals surface area contributed by atoms with Crippen molar-refractivity contribution in [2.75, 3.05) is 0 Å². The van der Waals surface area contributed by atoms with Gasteiger partial charge in [0.15, 0.2) is 0 Å². The fourth-order valence-corrected chi connectivity index (χ4v) is 3.97. The van der Waals surface area contributed by atoms with Gasteiger partial charge >= 0.3 is 0 Å². The Labute approximate surface area is 117 Å². The van der Waals surface area contributed by atoms with E-state index in [1.165, 1.54) is 18.4 Å². The number of benzene rings is 1. The number of hydrogen-bond acceptors (Lipinski definition) is 2. The van der Waals surface area contributed by atoms with Crippen LogP contribution in [0.4, 0.5) is 0 Å². The highest BCUT2D eigenvalue weighted by Crippen LogP contribution is 2.64. The van der Waals surface area contributed by atoms with Crippen LogP contribution in [-0.4, -0.2) is 15.0 Å². The van der Waals surface area contributed by atoms with Gasteiger partial charge in [-0.2, -0.15) is 0 Å². The highest BCUT2D eigenvalue weighted by molar-refractivity contribution is 5.73. The lowest BCUT2D eigenvalue weighted by Crippen LogP contribution is -2.00. The predicted molar refractivity (Wildman–Crippen MR) is 77.6 cm³/mol. The van der Waals surface area contributed by atoms with Gasteiger partial charge in [0.1, 0.15) is 5.82 Å². The number of fused-ring (bicyclic) bond motifs is 4. The molecule has 3 unspecified atom stereocenters. The SMILES string of the molecule is c1ccc2c(c1)CCC1C(c3nc4ccncc4[nH]3)C21. The van der Waals surface area contributed by atoms with Gasteiger partial charge in [-0.1, -0.05) is 24.3 Å². The minimum atomic E-state index is 0.575. The van der Waals surface area contributed by atoms with Gasteiger partial charge in [-0.15, -0.1) is 0 Å². The molecule has 1 fully saturated rings. The minimum absolute atomic E-state index is 0.575. The molecule has 1 saturated carbocycles. The molecule has 3 nitrogen and oxygen atoms in total. The van der Waals surface area contributed by atoms with Crippen molar-refractivity contribution >= 4 is 11.0 Å². The standard InChI is InChI=1S/C17H15N3/c1-2-4-11-10(3-1)5-6-12-15(11)16(12)17-19-13-7-8-18-9-14(13)20-17/h1-4,7-9,12,15-16H,5-6H2,(H,19,20). The van der Waals surface area contributed by atoms with Crippen molar-refractivity contribution in [3.05, 3.63) is 59.7 Å². The van der Waals surface area contributed by atoms with E-state index in [0.29, 0.717) is 11.8 Å². The van der Waals surface area contributed by atoms with E-state index in [1.54, 1.807) is 5.56 Å². The maximum Gasteiger partial charge on any atom is 0.111 e. The van der Waals surface area contributed by atoms with Crippen LogP contribution in [0.5, 0.6) is 0 Å². The highest BCUT2D eigenvalue weighted by atomic mass is 15.0. The van der Waals surface area contributed by atoms with E-state index in [9.17, 15) is 0 Å². The third-order valence-corrected chi connectivity index (χ3v) is 4.95. The van der Waals surface area contributed by atoms with E-state index < -0.39 is 0 Å². The molecule has 0 saturated heterocycles. The van der Waals surface area contributed by atoms with E-state index in [-0.39, 0.29) is 0 Å². The summed E-state index contributed by atoms with van der Waals surface area (Å²) < 4.78 is 0. The van der Waals surface area contributed by atoms with Gasteiger partial charge in [-0.05, 0) is 41.9 Å². The van der Waals surface area contributed by atoms with E-state index in [2.05, 4.69) is 34.2 Å². The Kier molecular flexibility index (Phi) is 1.96. The molecule has 20 heavy (non-hydrogen) atoms. The van der Waals surface area contributed by atoms with Crippen molar-refractivity contribution in [3.8, 4) is 0 Å². The molecule has 2 aliphatic carbocycles. The van der Waals surface area contributed by atoms with Gasteiger partial charge in [0.2, 0.25) is 0 Å². The molecular weight excluding hydrogens is 246 g/mol. The number of aromatic nitrogens is 3. The molecule has 0 bridgehead atoms. The van der Waals surface area contributed by atoms with Gasteiger partial charge in [-0.25, -0.2) is 4.98 Å². The van der Waals surface area contributed by atoms with Crippen molar-refractivity contribution in [2.24, 2.45) is 5.92 Å². The zero-order valence-corrected chi connectivity index (χ0v) is 11.1. The summed E-state index contributed by atoms with van der Waals surface area (Å²) in [6, 6.07) is 10.9. The van der Waals surface area contributed by atoms with Crippen LogP contribution < -0.4 is 0 Å². The monoisotopic (exact) mass is 261 g/mol. The molecule has 0 radical (unpaired) electrons. The summed E-state index contributed by atoms with van der Waals surface area (Å²) in [4.78, 5) is 12.4. The first-order chi connectivity index (χ1) is 9.92. The molecule has 1 aromatic carbocycles. The molecule has 3 aromatic rings. The van der Waals surface area contributed by atoms with Crippen molar-refractivity contribution < 1.29 is 0 Å². The average Bonchev–Trinajstić information content (AvgIpc) is 3.09. The summed E-state index contributed by atoms with van der Waals surface area (Å²) in [7, 11) is 0. The number of nitrogens with one attached hydrogen (secondary N) is 1. The second-order valence-electron chi connectivity index (χ2n) is 5.97. The zero-order valence-electron chi connectivity index (χ0n) is 11.1. The van der Waals surface area contributed by atoms with Crippen molar-refractivity contribution in [1.82, 2.24) is 15.0 Å². The zero-order chi connectivity index (χ0) is 13.1. The summed E-state index contributed by atoms with van der Waals surface area (Å²) in [5, 5.41) is 0. The number of nitrogens with zero attached hydrogens (tertiary/aromatic N) is 2. The van der Waals surface area contributed by atoms with E-state index >= 15 is 0 Å². The normalized spacial score (nSPS) is 27.1. The quantitative estimate of drug-likeness (QED) is 0.729. The molecule has 0 spiro atoms. The van der Waals surface area contributed by atoms with Crippen molar-refractivity contribution in [3.63, 3.8) is 0 Å². The highest BCUT2D eigenvalue weighted by Gasteiger charge is 2.55. The molecule has 0 amide bonds. The van der Waals surface area contributed by atoms with Crippen LogP contribution in [0.1, 0.15) is 35.2 Å². The van der Waals surface area contributed by atoms with E-state index in [4.69, 9.17) is 4.98 Å². The molecule has 1 N–H and O–H groups in total. The number of rotatable bonds is 1. The lowest BCUT2D eigenvalue weighted by atomic mass is 9.92. The fraction of sp³-hybridized carbons (Fsp3) is 0.294. The number of pyridine rings is 1. The molecule has 2 aliphatic rings. The maximum atomic E-state index is 4.78. The third kappa shape index (κ3) is 1.35. The van der Waals surface area contributed by atoms with Crippen LogP contribution in [0.2, 0.25) is 0 Å². The van der Waals surface area contributed by atoms with Gasteiger partial charge in [-0.3, -0.25) is 4.98 Å². The largest absolute Gasteiger partial charge is 0.340 e. The lowest BCUT2D eigenvalue weighted by molar-refractivity contribution is 0.655. The second kappa shape index (κ2) is 3.69. The van der Waals surface area contributed by atoms with Gasteiger partial charge in [0.05, 0.1) is 17.2 Å². The van der Waals surface area contributed by atoms with Gasteiger partial charge in [0, 0.05) is 12.1 Å². The van der Waals surface area contributed by atoms with Gasteiger partial charge in [0.25, 0.3) is 0 Å². The number of aromatic amines is 1. The number of hydrogen-bond donors (Lipinski definition) is 1. The van der Waals surface area contributed by atoms with E-state index in [1.807, 2.05) is 18.5 Å². The van der Waals surface area contributed by atoms with Crippen LogP contribution in [0.3, 0.4) is 0 Å². The first-order valence-corrected chi connectivity index (χ1v) is 7.29. The molecular formula is C17H15N3. The molecule has 3 heteroatoms. The molecule has 0 aliphatic heterocycles.